The lowest BCUT2D eigenvalue weighted by Gasteiger charge is -2.38. The number of carbonyl (C=O) groups excluding carboxylic acids is 4. The molecule has 0 aromatic heterocycles. The molecule has 2 aliphatic rings. The van der Waals surface area contributed by atoms with Crippen LogP contribution in [0, 0.1) is 5.92 Å². The Morgan fingerprint density at radius 3 is 2.51 bits per heavy atom. The van der Waals surface area contributed by atoms with E-state index in [1.54, 1.807) is 23.1 Å². The third-order valence-corrected chi connectivity index (χ3v) is 7.75. The van der Waals surface area contributed by atoms with Crippen LogP contribution in [0.2, 0.25) is 0 Å². The van der Waals surface area contributed by atoms with Crippen LogP contribution >= 0.6 is 12.6 Å². The van der Waals surface area contributed by atoms with E-state index in [0.717, 1.165) is 24.8 Å². The van der Waals surface area contributed by atoms with Crippen LogP contribution in [0.3, 0.4) is 0 Å². The average molecular weight is 583 g/mol. The van der Waals surface area contributed by atoms with Gasteiger partial charge < -0.3 is 30.7 Å². The molecule has 0 spiro atoms. The van der Waals surface area contributed by atoms with Crippen molar-refractivity contribution in [2.45, 2.75) is 50.2 Å². The van der Waals surface area contributed by atoms with Crippen LogP contribution in [0.5, 0.6) is 5.75 Å². The van der Waals surface area contributed by atoms with Crippen LogP contribution < -0.4 is 20.7 Å². The van der Waals surface area contributed by atoms with Gasteiger partial charge >= 0.3 is 0 Å². The number of aliphatic hydroxyl groups excluding tert-OH is 1. The number of ether oxygens (including phenoxy) is 1. The van der Waals surface area contributed by atoms with E-state index in [1.165, 1.54) is 0 Å². The minimum atomic E-state index is -0.757. The van der Waals surface area contributed by atoms with Gasteiger partial charge in [-0.3, -0.25) is 19.2 Å². The highest BCUT2D eigenvalue weighted by Crippen LogP contribution is 2.44. The normalized spacial score (nSPS) is 21.7. The first-order chi connectivity index (χ1) is 19.9. The second-order valence-electron chi connectivity index (χ2n) is 10.3. The number of nitrogens with one attached hydrogen (secondary N) is 3. The number of piperazine rings is 1. The highest BCUT2D eigenvalue weighted by molar-refractivity contribution is 7.81. The molecule has 41 heavy (non-hydrogen) atoms. The van der Waals surface area contributed by atoms with Gasteiger partial charge in [-0.25, -0.2) is 0 Å². The number of nitrogens with zero attached hydrogens (tertiary/aromatic N) is 1. The molecule has 11 heteroatoms. The maximum Gasteiger partial charge on any atom is 0.246 e. The first-order valence-corrected chi connectivity index (χ1v) is 14.7. The summed E-state index contributed by atoms with van der Waals surface area (Å²) in [6, 6.07) is 14.5. The van der Waals surface area contributed by atoms with Gasteiger partial charge in [0.2, 0.25) is 23.6 Å². The summed E-state index contributed by atoms with van der Waals surface area (Å²) in [5, 5.41) is 17.8. The Hall–Kier alpha value is -3.57. The van der Waals surface area contributed by atoms with Crippen LogP contribution in [-0.4, -0.2) is 77.8 Å². The van der Waals surface area contributed by atoms with E-state index in [9.17, 15) is 24.3 Å². The van der Waals surface area contributed by atoms with Crippen molar-refractivity contribution in [1.29, 1.82) is 0 Å². The van der Waals surface area contributed by atoms with Crippen LogP contribution in [0.25, 0.3) is 0 Å². The summed E-state index contributed by atoms with van der Waals surface area (Å²) < 4.78 is 5.61. The van der Waals surface area contributed by atoms with Crippen molar-refractivity contribution in [2.75, 3.05) is 32.1 Å². The third-order valence-electron chi connectivity index (χ3n) is 7.46. The molecule has 0 aliphatic carbocycles. The number of hydrogen-bond donors (Lipinski definition) is 5. The second-order valence-corrected chi connectivity index (χ2v) is 10.6. The highest BCUT2D eigenvalue weighted by Gasteiger charge is 2.54. The maximum atomic E-state index is 13.9. The van der Waals surface area contributed by atoms with E-state index in [2.05, 4.69) is 28.6 Å². The minimum Gasteiger partial charge on any atom is -0.491 e. The number of thiol groups is 1. The topological polar surface area (TPSA) is 137 Å². The number of hydrogen-bond acceptors (Lipinski definition) is 7. The summed E-state index contributed by atoms with van der Waals surface area (Å²) in [4.78, 5) is 53.6. The summed E-state index contributed by atoms with van der Waals surface area (Å²) in [6.07, 6.45) is 2.91. The zero-order valence-electron chi connectivity index (χ0n) is 23.0. The molecule has 0 bridgehead atoms. The van der Waals surface area contributed by atoms with Crippen LogP contribution in [0.4, 0.5) is 0 Å². The fourth-order valence-corrected chi connectivity index (χ4v) is 5.65. The predicted molar refractivity (Wildman–Crippen MR) is 156 cm³/mol. The maximum absolute atomic E-state index is 13.9. The Labute approximate surface area is 245 Å². The number of fused-ring (bicyclic) bond motifs is 1. The third kappa shape index (κ3) is 7.80. The van der Waals surface area contributed by atoms with Gasteiger partial charge in [0.15, 0.2) is 0 Å². The molecule has 2 fully saturated rings. The number of amides is 4. The molecule has 10 nitrogen and oxygen atoms in total. The van der Waals surface area contributed by atoms with Gasteiger partial charge in [-0.1, -0.05) is 42.5 Å². The fourth-order valence-electron chi connectivity index (χ4n) is 5.54. The SMILES string of the molecule is O=C(CS)NCCCCCNC(=O)[C@@H]1C[C@@H]2C(=O)N[C@@H](Cc3ccccc3)C(=O)N2[C@@H]1c1cccc(OCCO)c1. The molecular weight excluding hydrogens is 544 g/mol. The number of carbonyl (C=O) groups is 4. The molecule has 220 valence electrons. The molecule has 4 atom stereocenters. The van der Waals surface area contributed by atoms with Crippen molar-refractivity contribution < 1.29 is 29.0 Å². The standard InChI is InChI=1S/C30H38N4O6S/c35-14-15-40-22-11-7-10-21(17-22)27-23(28(37)32-13-6-2-5-12-31-26(36)19-41)18-25-29(38)33-24(30(39)34(25)27)16-20-8-3-1-4-9-20/h1,3-4,7-11,17,23-25,27,35,41H,2,5-6,12-16,18-19H2,(H,31,36)(H,32,37)(H,33,38)/t23-,24+,25-,27-/m1/s1. The molecule has 2 heterocycles. The van der Waals surface area contributed by atoms with Crippen molar-refractivity contribution in [3.8, 4) is 5.75 Å². The van der Waals surface area contributed by atoms with E-state index in [0.29, 0.717) is 30.8 Å². The number of benzene rings is 2. The van der Waals surface area contributed by atoms with Gasteiger partial charge in [0.1, 0.15) is 24.4 Å². The summed E-state index contributed by atoms with van der Waals surface area (Å²) >= 11 is 3.94. The van der Waals surface area contributed by atoms with E-state index >= 15 is 0 Å². The van der Waals surface area contributed by atoms with Gasteiger partial charge in [0, 0.05) is 19.5 Å². The molecule has 4 rings (SSSR count). The largest absolute Gasteiger partial charge is 0.491 e. The monoisotopic (exact) mass is 582 g/mol. The van der Waals surface area contributed by atoms with Crippen LogP contribution in [0.1, 0.15) is 42.9 Å². The molecular formula is C30H38N4O6S. The fraction of sp³-hybridized carbons (Fsp3) is 0.467. The number of aliphatic hydroxyl groups is 1. The van der Waals surface area contributed by atoms with Crippen molar-refractivity contribution in [3.63, 3.8) is 0 Å². The minimum absolute atomic E-state index is 0.110. The van der Waals surface area contributed by atoms with Gasteiger partial charge in [0.05, 0.1) is 24.3 Å². The van der Waals surface area contributed by atoms with Crippen molar-refractivity contribution >= 4 is 36.3 Å². The van der Waals surface area contributed by atoms with E-state index in [-0.39, 0.29) is 49.0 Å². The number of rotatable bonds is 14. The lowest BCUT2D eigenvalue weighted by atomic mass is 9.92. The summed E-state index contributed by atoms with van der Waals surface area (Å²) in [7, 11) is 0. The molecule has 2 saturated heterocycles. The first kappa shape index (κ1) is 30.4. The smallest absolute Gasteiger partial charge is 0.246 e. The molecule has 0 unspecified atom stereocenters. The second kappa shape index (κ2) is 14.9. The quantitative estimate of drug-likeness (QED) is 0.169. The Kier molecular flexibility index (Phi) is 11.0. The Balaban J connectivity index is 1.50. The molecule has 0 saturated carbocycles. The Morgan fingerprint density at radius 1 is 1.02 bits per heavy atom. The highest BCUT2D eigenvalue weighted by atomic mass is 32.1. The molecule has 4 N–H and O–H groups in total. The molecule has 2 aromatic carbocycles. The molecule has 2 aliphatic heterocycles. The average Bonchev–Trinajstić information content (AvgIpc) is 3.40. The lowest BCUT2D eigenvalue weighted by Crippen LogP contribution is -2.62. The zero-order valence-corrected chi connectivity index (χ0v) is 23.9. The summed E-state index contributed by atoms with van der Waals surface area (Å²) in [5.74, 6) is -0.770. The van der Waals surface area contributed by atoms with E-state index in [4.69, 9.17) is 4.74 Å². The lowest BCUT2D eigenvalue weighted by molar-refractivity contribution is -0.149. The van der Waals surface area contributed by atoms with Crippen molar-refractivity contribution in [2.24, 2.45) is 5.92 Å². The molecule has 2 aromatic rings. The van der Waals surface area contributed by atoms with Crippen molar-refractivity contribution in [3.05, 3.63) is 65.7 Å². The Morgan fingerprint density at radius 2 is 1.78 bits per heavy atom. The van der Waals surface area contributed by atoms with Gasteiger partial charge in [-0.05, 0) is 48.9 Å². The summed E-state index contributed by atoms with van der Waals surface area (Å²) in [5.41, 5.74) is 1.63. The van der Waals surface area contributed by atoms with Crippen LogP contribution in [-0.2, 0) is 25.6 Å². The number of unbranched alkanes of at least 4 members (excludes halogenated alkanes) is 2. The summed E-state index contributed by atoms with van der Waals surface area (Å²) in [6.45, 7) is 0.978. The Bertz CT molecular complexity index is 1210. The van der Waals surface area contributed by atoms with E-state index in [1.807, 2.05) is 36.4 Å². The van der Waals surface area contributed by atoms with Gasteiger partial charge in [-0.15, -0.1) is 0 Å². The van der Waals surface area contributed by atoms with Crippen molar-refractivity contribution in [1.82, 2.24) is 20.9 Å². The van der Waals surface area contributed by atoms with Crippen LogP contribution in [0.15, 0.2) is 54.6 Å². The first-order valence-electron chi connectivity index (χ1n) is 14.1. The predicted octanol–water partition coefficient (Wildman–Crippen LogP) is 1.39. The van der Waals surface area contributed by atoms with E-state index < -0.39 is 24.0 Å². The molecule has 0 radical (unpaired) electrons. The zero-order chi connectivity index (χ0) is 29.2. The van der Waals surface area contributed by atoms with Gasteiger partial charge in [-0.2, -0.15) is 12.6 Å². The molecule has 4 amide bonds. The van der Waals surface area contributed by atoms with Gasteiger partial charge in [0.25, 0.3) is 0 Å².